The number of rotatable bonds is 2. The van der Waals surface area contributed by atoms with Crippen molar-refractivity contribution >= 4 is 5.78 Å². The number of nitrogens with zero attached hydrogens (tertiary/aromatic N) is 1. The lowest BCUT2D eigenvalue weighted by Crippen LogP contribution is -2.21. The Morgan fingerprint density at radius 1 is 1.17 bits per heavy atom. The van der Waals surface area contributed by atoms with Gasteiger partial charge in [0, 0.05) is 11.0 Å². The van der Waals surface area contributed by atoms with Crippen LogP contribution in [0.25, 0.3) is 11.3 Å². The number of carbonyl (C=O) groups excluding carboxylic acids is 1. The predicted octanol–water partition coefficient (Wildman–Crippen LogP) is 3.88. The van der Waals surface area contributed by atoms with Gasteiger partial charge in [-0.3, -0.25) is 4.79 Å². The Kier molecular flexibility index (Phi) is 3.07. The van der Waals surface area contributed by atoms with Gasteiger partial charge in [0.2, 0.25) is 0 Å². The van der Waals surface area contributed by atoms with E-state index < -0.39 is 5.41 Å². The number of aromatic nitrogens is 1. The van der Waals surface area contributed by atoms with Crippen LogP contribution in [0.1, 0.15) is 36.9 Å². The second-order valence-corrected chi connectivity index (χ2v) is 5.41. The fourth-order valence-corrected chi connectivity index (χ4v) is 1.81. The normalized spacial score (nSPS) is 11.6. The van der Waals surface area contributed by atoms with Crippen molar-refractivity contribution in [3.05, 3.63) is 41.7 Å². The maximum Gasteiger partial charge on any atom is 0.173 e. The summed E-state index contributed by atoms with van der Waals surface area (Å²) in [5.74, 6) is 0.633. The van der Waals surface area contributed by atoms with Crippen molar-refractivity contribution in [2.45, 2.75) is 27.7 Å². The van der Waals surface area contributed by atoms with Crippen molar-refractivity contribution in [2.75, 3.05) is 0 Å². The molecule has 0 radical (unpaired) electrons. The zero-order valence-corrected chi connectivity index (χ0v) is 11.2. The Morgan fingerprint density at radius 3 is 2.33 bits per heavy atom. The monoisotopic (exact) mass is 243 g/mol. The first kappa shape index (κ1) is 12.6. The summed E-state index contributed by atoms with van der Waals surface area (Å²) >= 11 is 0. The minimum Gasteiger partial charge on any atom is -0.360 e. The third kappa shape index (κ3) is 2.21. The highest BCUT2D eigenvalue weighted by molar-refractivity contribution is 6.05. The molecule has 18 heavy (non-hydrogen) atoms. The largest absolute Gasteiger partial charge is 0.360 e. The molecule has 0 fully saturated rings. The Hall–Kier alpha value is -1.90. The van der Waals surface area contributed by atoms with Crippen molar-refractivity contribution in [1.82, 2.24) is 5.16 Å². The molecular weight excluding hydrogens is 226 g/mol. The standard InChI is InChI=1S/C15H17NO2/c1-10-12(14(17)15(2,3)4)13(16-18-10)11-8-6-5-7-9-11/h5-9H,1-4H3. The van der Waals surface area contributed by atoms with Crippen LogP contribution in [-0.4, -0.2) is 10.9 Å². The molecule has 1 heterocycles. The average Bonchev–Trinajstić information content (AvgIpc) is 2.70. The van der Waals surface area contributed by atoms with E-state index in [0.717, 1.165) is 5.56 Å². The van der Waals surface area contributed by atoms with Crippen LogP contribution < -0.4 is 0 Å². The molecule has 0 amide bonds. The maximum absolute atomic E-state index is 12.4. The predicted molar refractivity (Wildman–Crippen MR) is 70.5 cm³/mol. The molecule has 3 heteroatoms. The lowest BCUT2D eigenvalue weighted by Gasteiger charge is -2.16. The summed E-state index contributed by atoms with van der Waals surface area (Å²) in [6.45, 7) is 7.47. The van der Waals surface area contributed by atoms with Gasteiger partial charge in [-0.2, -0.15) is 0 Å². The minimum atomic E-state index is -0.445. The first-order chi connectivity index (χ1) is 8.41. The smallest absolute Gasteiger partial charge is 0.173 e. The summed E-state index contributed by atoms with van der Waals surface area (Å²) < 4.78 is 5.20. The molecular formula is C15H17NO2. The molecule has 0 atom stereocenters. The summed E-state index contributed by atoms with van der Waals surface area (Å²) in [6.07, 6.45) is 0. The lowest BCUT2D eigenvalue weighted by molar-refractivity contribution is 0.0857. The van der Waals surface area contributed by atoms with Gasteiger partial charge in [0.05, 0.1) is 5.56 Å². The molecule has 1 aromatic carbocycles. The van der Waals surface area contributed by atoms with Crippen LogP contribution in [0.5, 0.6) is 0 Å². The minimum absolute atomic E-state index is 0.0557. The second-order valence-electron chi connectivity index (χ2n) is 5.41. The zero-order valence-electron chi connectivity index (χ0n) is 11.2. The van der Waals surface area contributed by atoms with E-state index in [2.05, 4.69) is 5.16 Å². The Balaban J connectivity index is 2.56. The molecule has 2 rings (SSSR count). The highest BCUT2D eigenvalue weighted by atomic mass is 16.5. The molecule has 0 unspecified atom stereocenters. The Labute approximate surface area is 107 Å². The third-order valence-corrected chi connectivity index (χ3v) is 2.82. The van der Waals surface area contributed by atoms with Crippen molar-refractivity contribution in [3.63, 3.8) is 0 Å². The zero-order chi connectivity index (χ0) is 13.3. The molecule has 0 saturated carbocycles. The van der Waals surface area contributed by atoms with Gasteiger partial charge in [-0.25, -0.2) is 0 Å². The fraction of sp³-hybridized carbons (Fsp3) is 0.333. The van der Waals surface area contributed by atoms with Crippen molar-refractivity contribution < 1.29 is 9.32 Å². The van der Waals surface area contributed by atoms with Gasteiger partial charge < -0.3 is 4.52 Å². The molecule has 0 spiro atoms. The Bertz CT molecular complexity index is 562. The molecule has 0 aliphatic carbocycles. The lowest BCUT2D eigenvalue weighted by atomic mass is 9.85. The highest BCUT2D eigenvalue weighted by Crippen LogP contribution is 2.30. The van der Waals surface area contributed by atoms with Gasteiger partial charge in [0.15, 0.2) is 5.78 Å². The van der Waals surface area contributed by atoms with E-state index in [-0.39, 0.29) is 5.78 Å². The van der Waals surface area contributed by atoms with E-state index in [4.69, 9.17) is 4.52 Å². The molecule has 0 saturated heterocycles. The van der Waals surface area contributed by atoms with Crippen molar-refractivity contribution in [1.29, 1.82) is 0 Å². The molecule has 0 aliphatic heterocycles. The van der Waals surface area contributed by atoms with Crippen LogP contribution in [0.3, 0.4) is 0 Å². The van der Waals surface area contributed by atoms with E-state index >= 15 is 0 Å². The summed E-state index contributed by atoms with van der Waals surface area (Å²) in [5.41, 5.74) is 1.68. The van der Waals surface area contributed by atoms with Crippen LogP contribution in [0.15, 0.2) is 34.9 Å². The Morgan fingerprint density at radius 2 is 1.78 bits per heavy atom. The number of aryl methyl sites for hydroxylation is 1. The number of hydrogen-bond donors (Lipinski definition) is 0. The van der Waals surface area contributed by atoms with E-state index in [1.807, 2.05) is 51.1 Å². The summed E-state index contributed by atoms with van der Waals surface area (Å²) in [4.78, 5) is 12.4. The highest BCUT2D eigenvalue weighted by Gasteiger charge is 2.30. The number of ketones is 1. The van der Waals surface area contributed by atoms with Crippen LogP contribution in [0.4, 0.5) is 0 Å². The second kappa shape index (κ2) is 4.41. The van der Waals surface area contributed by atoms with Crippen LogP contribution in [0.2, 0.25) is 0 Å². The molecule has 3 nitrogen and oxygen atoms in total. The summed E-state index contributed by atoms with van der Waals surface area (Å²) in [5, 5.41) is 4.02. The van der Waals surface area contributed by atoms with E-state index in [9.17, 15) is 4.79 Å². The molecule has 0 bridgehead atoms. The van der Waals surface area contributed by atoms with E-state index in [1.165, 1.54) is 0 Å². The summed E-state index contributed by atoms with van der Waals surface area (Å²) in [6, 6.07) is 9.63. The van der Waals surface area contributed by atoms with E-state index in [0.29, 0.717) is 17.0 Å². The average molecular weight is 243 g/mol. The maximum atomic E-state index is 12.4. The first-order valence-corrected chi connectivity index (χ1v) is 5.98. The van der Waals surface area contributed by atoms with Gasteiger partial charge in [-0.05, 0) is 6.92 Å². The van der Waals surface area contributed by atoms with Crippen LogP contribution in [-0.2, 0) is 0 Å². The molecule has 0 aliphatic rings. The van der Waals surface area contributed by atoms with Crippen LogP contribution in [0, 0.1) is 12.3 Å². The number of hydrogen-bond acceptors (Lipinski definition) is 3. The molecule has 2 aromatic rings. The van der Waals surface area contributed by atoms with Gasteiger partial charge in [-0.15, -0.1) is 0 Å². The van der Waals surface area contributed by atoms with Crippen LogP contribution >= 0.6 is 0 Å². The number of carbonyl (C=O) groups is 1. The molecule has 1 aromatic heterocycles. The molecule has 0 N–H and O–H groups in total. The fourth-order valence-electron chi connectivity index (χ4n) is 1.81. The SMILES string of the molecule is Cc1onc(-c2ccccc2)c1C(=O)C(C)(C)C. The number of Topliss-reactive ketones (excluding diaryl/α,β-unsaturated/α-hetero) is 1. The van der Waals surface area contributed by atoms with Crippen molar-refractivity contribution in [2.24, 2.45) is 5.41 Å². The van der Waals surface area contributed by atoms with Gasteiger partial charge in [0.1, 0.15) is 11.5 Å². The van der Waals surface area contributed by atoms with Crippen molar-refractivity contribution in [3.8, 4) is 11.3 Å². The first-order valence-electron chi connectivity index (χ1n) is 5.98. The van der Waals surface area contributed by atoms with Gasteiger partial charge >= 0.3 is 0 Å². The third-order valence-electron chi connectivity index (χ3n) is 2.82. The van der Waals surface area contributed by atoms with Gasteiger partial charge in [-0.1, -0.05) is 56.3 Å². The number of benzene rings is 1. The van der Waals surface area contributed by atoms with E-state index in [1.54, 1.807) is 6.92 Å². The van der Waals surface area contributed by atoms with Gasteiger partial charge in [0.25, 0.3) is 0 Å². The quantitative estimate of drug-likeness (QED) is 0.752. The molecule has 94 valence electrons. The topological polar surface area (TPSA) is 43.1 Å². The summed E-state index contributed by atoms with van der Waals surface area (Å²) in [7, 11) is 0.